The van der Waals surface area contributed by atoms with Crippen LogP contribution >= 0.6 is 0 Å². The molecule has 4 heteroatoms. The average molecular weight is 318 g/mol. The number of nitrogens with zero attached hydrogens (tertiary/aromatic N) is 1. The Morgan fingerprint density at radius 3 is 2.70 bits per heavy atom. The fourth-order valence-electron chi connectivity index (χ4n) is 3.50. The predicted molar refractivity (Wildman–Crippen MR) is 93.7 cm³/mol. The van der Waals surface area contributed by atoms with Crippen LogP contribution in [0.1, 0.15) is 50.7 Å². The second-order valence-corrected chi connectivity index (χ2v) is 6.39. The Balaban J connectivity index is 2.09. The molecule has 4 nitrogen and oxygen atoms in total. The number of fused-ring (bicyclic) bond motifs is 1. The number of hydrogen-bond acceptors (Lipinski definition) is 3. The van der Waals surface area contributed by atoms with Crippen LogP contribution in [-0.4, -0.2) is 36.5 Å². The van der Waals surface area contributed by atoms with Crippen LogP contribution in [0.25, 0.3) is 0 Å². The molecule has 1 unspecified atom stereocenters. The van der Waals surface area contributed by atoms with E-state index in [1.165, 1.54) is 43.5 Å². The third-order valence-corrected chi connectivity index (χ3v) is 4.56. The zero-order chi connectivity index (χ0) is 16.7. The maximum absolute atomic E-state index is 10.9. The summed E-state index contributed by atoms with van der Waals surface area (Å²) in [7, 11) is 0. The molecule has 1 aliphatic rings. The van der Waals surface area contributed by atoms with Crippen LogP contribution in [0.5, 0.6) is 5.75 Å². The SMILES string of the molecule is CCCN(CCC)C1CCc2cccc(OCCC(N)=O)c2C1. The molecule has 1 amide bonds. The van der Waals surface area contributed by atoms with Crippen molar-refractivity contribution in [3.8, 4) is 5.75 Å². The predicted octanol–water partition coefficient (Wildman–Crippen LogP) is 2.92. The third-order valence-electron chi connectivity index (χ3n) is 4.56. The highest BCUT2D eigenvalue weighted by molar-refractivity contribution is 5.73. The second-order valence-electron chi connectivity index (χ2n) is 6.39. The molecule has 1 aromatic carbocycles. The maximum atomic E-state index is 10.9. The van der Waals surface area contributed by atoms with Gasteiger partial charge in [0.1, 0.15) is 5.75 Å². The van der Waals surface area contributed by atoms with Crippen LogP contribution in [0.2, 0.25) is 0 Å². The van der Waals surface area contributed by atoms with E-state index < -0.39 is 0 Å². The largest absolute Gasteiger partial charge is 0.493 e. The quantitative estimate of drug-likeness (QED) is 0.761. The van der Waals surface area contributed by atoms with Crippen molar-refractivity contribution in [2.45, 2.75) is 58.4 Å². The van der Waals surface area contributed by atoms with Gasteiger partial charge in [-0.3, -0.25) is 4.79 Å². The Bertz CT molecular complexity index is 510. The number of carbonyl (C=O) groups excluding carboxylic acids is 1. The van der Waals surface area contributed by atoms with E-state index in [2.05, 4.69) is 30.9 Å². The molecule has 2 N–H and O–H groups in total. The van der Waals surface area contributed by atoms with Crippen LogP contribution in [0, 0.1) is 0 Å². The van der Waals surface area contributed by atoms with Gasteiger partial charge in [0.15, 0.2) is 0 Å². The molecule has 1 aromatic rings. The summed E-state index contributed by atoms with van der Waals surface area (Å²) < 4.78 is 5.84. The van der Waals surface area contributed by atoms with Crippen molar-refractivity contribution >= 4 is 5.91 Å². The molecule has 0 radical (unpaired) electrons. The van der Waals surface area contributed by atoms with Gasteiger partial charge in [-0.25, -0.2) is 0 Å². The summed E-state index contributed by atoms with van der Waals surface area (Å²) >= 11 is 0. The minimum Gasteiger partial charge on any atom is -0.493 e. The first-order valence-electron chi connectivity index (χ1n) is 8.91. The fourth-order valence-corrected chi connectivity index (χ4v) is 3.50. The smallest absolute Gasteiger partial charge is 0.220 e. The number of hydrogen-bond donors (Lipinski definition) is 1. The molecule has 0 saturated carbocycles. The van der Waals surface area contributed by atoms with Gasteiger partial charge in [-0.05, 0) is 62.4 Å². The summed E-state index contributed by atoms with van der Waals surface area (Å²) in [5.41, 5.74) is 7.92. The van der Waals surface area contributed by atoms with E-state index in [0.29, 0.717) is 12.6 Å². The Labute approximate surface area is 140 Å². The van der Waals surface area contributed by atoms with Crippen LogP contribution in [-0.2, 0) is 17.6 Å². The summed E-state index contributed by atoms with van der Waals surface area (Å²) in [6.07, 6.45) is 6.03. The molecule has 0 heterocycles. The summed E-state index contributed by atoms with van der Waals surface area (Å²) in [6, 6.07) is 6.88. The molecule has 1 aliphatic carbocycles. The van der Waals surface area contributed by atoms with Gasteiger partial charge in [0, 0.05) is 6.04 Å². The molecular formula is C19H30N2O2. The summed E-state index contributed by atoms with van der Waals surface area (Å²) in [4.78, 5) is 13.5. The summed E-state index contributed by atoms with van der Waals surface area (Å²) in [5.74, 6) is 0.617. The van der Waals surface area contributed by atoms with Crippen LogP contribution in [0.4, 0.5) is 0 Å². The highest BCUT2D eigenvalue weighted by Crippen LogP contribution is 2.32. The van der Waals surface area contributed by atoms with E-state index in [4.69, 9.17) is 10.5 Å². The number of amides is 1. The van der Waals surface area contributed by atoms with Crippen molar-refractivity contribution in [1.29, 1.82) is 0 Å². The minimum atomic E-state index is -0.315. The van der Waals surface area contributed by atoms with E-state index in [1.54, 1.807) is 0 Å². The lowest BCUT2D eigenvalue weighted by Gasteiger charge is -2.35. The molecule has 0 spiro atoms. The van der Waals surface area contributed by atoms with Gasteiger partial charge in [0.05, 0.1) is 13.0 Å². The Morgan fingerprint density at radius 1 is 1.30 bits per heavy atom. The van der Waals surface area contributed by atoms with Crippen molar-refractivity contribution in [3.63, 3.8) is 0 Å². The number of aryl methyl sites for hydroxylation is 1. The molecule has 2 rings (SSSR count). The van der Waals surface area contributed by atoms with Crippen LogP contribution in [0.15, 0.2) is 18.2 Å². The fraction of sp³-hybridized carbons (Fsp3) is 0.632. The topological polar surface area (TPSA) is 55.6 Å². The second kappa shape index (κ2) is 8.92. The number of nitrogens with two attached hydrogens (primary N) is 1. The van der Waals surface area contributed by atoms with Gasteiger partial charge in [0.2, 0.25) is 5.91 Å². The zero-order valence-corrected chi connectivity index (χ0v) is 14.5. The van der Waals surface area contributed by atoms with Crippen LogP contribution < -0.4 is 10.5 Å². The van der Waals surface area contributed by atoms with Gasteiger partial charge in [-0.1, -0.05) is 26.0 Å². The Hall–Kier alpha value is -1.55. The van der Waals surface area contributed by atoms with Gasteiger partial charge < -0.3 is 15.4 Å². The van der Waals surface area contributed by atoms with Gasteiger partial charge in [-0.2, -0.15) is 0 Å². The van der Waals surface area contributed by atoms with E-state index in [0.717, 1.165) is 18.6 Å². The van der Waals surface area contributed by atoms with Crippen LogP contribution in [0.3, 0.4) is 0 Å². The molecule has 23 heavy (non-hydrogen) atoms. The number of carbonyl (C=O) groups is 1. The van der Waals surface area contributed by atoms with Gasteiger partial charge in [0.25, 0.3) is 0 Å². The summed E-state index contributed by atoms with van der Waals surface area (Å²) in [6.45, 7) is 7.19. The van der Waals surface area contributed by atoms with Crippen molar-refractivity contribution in [2.75, 3.05) is 19.7 Å². The molecular weight excluding hydrogens is 288 g/mol. The Kier molecular flexibility index (Phi) is 6.90. The maximum Gasteiger partial charge on any atom is 0.220 e. The summed E-state index contributed by atoms with van der Waals surface area (Å²) in [5, 5.41) is 0. The Morgan fingerprint density at radius 2 is 2.04 bits per heavy atom. The molecule has 0 saturated heterocycles. The van der Waals surface area contributed by atoms with Crippen molar-refractivity contribution in [3.05, 3.63) is 29.3 Å². The monoisotopic (exact) mass is 318 g/mol. The zero-order valence-electron chi connectivity index (χ0n) is 14.5. The third kappa shape index (κ3) is 4.96. The van der Waals surface area contributed by atoms with Crippen molar-refractivity contribution in [2.24, 2.45) is 5.73 Å². The van der Waals surface area contributed by atoms with Gasteiger partial charge in [-0.15, -0.1) is 0 Å². The minimum absolute atomic E-state index is 0.269. The number of rotatable bonds is 9. The molecule has 128 valence electrons. The first kappa shape index (κ1) is 17.8. The van der Waals surface area contributed by atoms with E-state index in [1.807, 2.05) is 6.07 Å². The lowest BCUT2D eigenvalue weighted by atomic mass is 9.86. The number of primary amides is 1. The van der Waals surface area contributed by atoms with Gasteiger partial charge >= 0.3 is 0 Å². The number of benzene rings is 1. The van der Waals surface area contributed by atoms with Crippen molar-refractivity contribution < 1.29 is 9.53 Å². The average Bonchev–Trinajstić information content (AvgIpc) is 2.54. The molecule has 1 atom stereocenters. The highest BCUT2D eigenvalue weighted by Gasteiger charge is 2.25. The lowest BCUT2D eigenvalue weighted by Crippen LogP contribution is -2.40. The first-order valence-corrected chi connectivity index (χ1v) is 8.91. The standard InChI is InChI=1S/C19H30N2O2/c1-3-11-21(12-4-2)16-9-8-15-6-5-7-18(17(15)14-16)23-13-10-19(20)22/h5-7,16H,3-4,8-14H2,1-2H3,(H2,20,22). The van der Waals surface area contributed by atoms with E-state index in [-0.39, 0.29) is 12.3 Å². The number of ether oxygens (including phenoxy) is 1. The molecule has 0 fully saturated rings. The van der Waals surface area contributed by atoms with E-state index >= 15 is 0 Å². The first-order chi connectivity index (χ1) is 11.2. The molecule has 0 aromatic heterocycles. The molecule has 0 bridgehead atoms. The lowest BCUT2D eigenvalue weighted by molar-refractivity contribution is -0.118. The highest BCUT2D eigenvalue weighted by atomic mass is 16.5. The van der Waals surface area contributed by atoms with E-state index in [9.17, 15) is 4.79 Å². The molecule has 0 aliphatic heterocycles. The van der Waals surface area contributed by atoms with Crippen molar-refractivity contribution in [1.82, 2.24) is 4.90 Å². The normalized spacial score (nSPS) is 17.1.